The van der Waals surface area contributed by atoms with E-state index in [0.29, 0.717) is 21.7 Å². The number of halogens is 4. The Morgan fingerprint density at radius 2 is 1.97 bits per heavy atom. The van der Waals surface area contributed by atoms with E-state index in [0.717, 1.165) is 6.07 Å². The molecule has 3 aromatic rings. The Balaban J connectivity index is 1.82. The summed E-state index contributed by atoms with van der Waals surface area (Å²) in [5.74, 6) is 3.94. The molecule has 0 amide bonds. The van der Waals surface area contributed by atoms with Gasteiger partial charge in [0.2, 0.25) is 0 Å². The van der Waals surface area contributed by atoms with Gasteiger partial charge in [-0.2, -0.15) is 5.10 Å². The van der Waals surface area contributed by atoms with E-state index in [1.165, 1.54) is 23.4 Å². The van der Waals surface area contributed by atoms with Crippen molar-refractivity contribution in [3.8, 4) is 11.8 Å². The van der Waals surface area contributed by atoms with Crippen LogP contribution in [0.2, 0.25) is 10.0 Å². The van der Waals surface area contributed by atoms with Crippen LogP contribution in [0, 0.1) is 23.5 Å². The van der Waals surface area contributed by atoms with Gasteiger partial charge in [0.1, 0.15) is 36.5 Å². The Labute approximate surface area is 182 Å². The largest absolute Gasteiger partial charge is 0.380 e. The third-order valence-electron chi connectivity index (χ3n) is 4.52. The van der Waals surface area contributed by atoms with Crippen molar-refractivity contribution < 1.29 is 18.6 Å². The molecule has 3 rings (SSSR count). The van der Waals surface area contributed by atoms with Crippen LogP contribution in [0.1, 0.15) is 18.1 Å². The molecule has 9 heteroatoms. The fourth-order valence-electron chi connectivity index (χ4n) is 2.88. The summed E-state index contributed by atoms with van der Waals surface area (Å²) in [6.45, 7) is 1.30. The highest BCUT2D eigenvalue weighted by molar-refractivity contribution is 6.36. The van der Waals surface area contributed by atoms with Crippen LogP contribution in [0.25, 0.3) is 0 Å². The molecule has 1 aromatic heterocycles. The molecule has 0 bridgehead atoms. The molecule has 0 saturated heterocycles. The Morgan fingerprint density at radius 3 is 2.60 bits per heavy atom. The van der Waals surface area contributed by atoms with Crippen molar-refractivity contribution >= 4 is 23.2 Å². The third kappa shape index (κ3) is 4.97. The predicted molar refractivity (Wildman–Crippen MR) is 109 cm³/mol. The number of ether oxygens (including phenoxy) is 1. The van der Waals surface area contributed by atoms with Crippen molar-refractivity contribution in [2.24, 2.45) is 0 Å². The van der Waals surface area contributed by atoms with Crippen LogP contribution in [-0.2, 0) is 16.9 Å². The molecular weight excluding hydrogens is 435 g/mol. The Morgan fingerprint density at radius 1 is 1.23 bits per heavy atom. The van der Waals surface area contributed by atoms with Crippen molar-refractivity contribution in [1.29, 1.82) is 0 Å². The highest BCUT2D eigenvalue weighted by Gasteiger charge is 2.40. The van der Waals surface area contributed by atoms with E-state index in [1.807, 2.05) is 0 Å². The number of nitrogens with zero attached hydrogens (tertiary/aromatic N) is 3. The number of hydrogen-bond acceptors (Lipinski definition) is 4. The Kier molecular flexibility index (Phi) is 7.06. The summed E-state index contributed by atoms with van der Waals surface area (Å²) >= 11 is 12.2. The predicted octanol–water partition coefficient (Wildman–Crippen LogP) is 4.21. The molecular formula is C21H17Cl2F2N3O2. The zero-order valence-electron chi connectivity index (χ0n) is 15.8. The zero-order chi connectivity index (χ0) is 21.7. The van der Waals surface area contributed by atoms with Gasteiger partial charge in [-0.15, -0.1) is 0 Å². The SMILES string of the molecule is C[C@@H](OCC#Cc1c(Cl)cccc1Cl)[C@](O)(Cn1cncn1)c1ccc(F)cc1F. The van der Waals surface area contributed by atoms with Crippen LogP contribution < -0.4 is 0 Å². The molecule has 5 nitrogen and oxygen atoms in total. The molecule has 30 heavy (non-hydrogen) atoms. The molecule has 0 aliphatic rings. The summed E-state index contributed by atoms with van der Waals surface area (Å²) in [6.07, 6.45) is 1.72. The Hall–Kier alpha value is -2.50. The van der Waals surface area contributed by atoms with Crippen LogP contribution in [0.4, 0.5) is 8.78 Å². The van der Waals surface area contributed by atoms with Crippen LogP contribution >= 0.6 is 23.2 Å². The molecule has 0 aliphatic carbocycles. The quantitative estimate of drug-likeness (QED) is 0.570. The first kappa shape index (κ1) is 22.2. The molecule has 0 radical (unpaired) electrons. The van der Waals surface area contributed by atoms with Gasteiger partial charge < -0.3 is 9.84 Å². The van der Waals surface area contributed by atoms with E-state index >= 15 is 0 Å². The number of benzene rings is 2. The second-order valence-corrected chi connectivity index (χ2v) is 7.31. The second-order valence-electron chi connectivity index (χ2n) is 6.49. The van der Waals surface area contributed by atoms with E-state index in [1.54, 1.807) is 25.1 Å². The summed E-state index contributed by atoms with van der Waals surface area (Å²) < 4.78 is 34.8. The zero-order valence-corrected chi connectivity index (χ0v) is 17.3. The number of aromatic nitrogens is 3. The lowest BCUT2D eigenvalue weighted by molar-refractivity contribution is -0.111. The van der Waals surface area contributed by atoms with Gasteiger partial charge in [0.25, 0.3) is 0 Å². The van der Waals surface area contributed by atoms with Crippen molar-refractivity contribution in [2.75, 3.05) is 6.61 Å². The van der Waals surface area contributed by atoms with E-state index in [2.05, 4.69) is 21.9 Å². The molecule has 0 saturated carbocycles. The van der Waals surface area contributed by atoms with Crippen LogP contribution in [0.15, 0.2) is 49.1 Å². The summed E-state index contributed by atoms with van der Waals surface area (Å²) in [6, 6.07) is 7.97. The first-order valence-corrected chi connectivity index (χ1v) is 9.61. The van der Waals surface area contributed by atoms with Gasteiger partial charge >= 0.3 is 0 Å². The highest BCUT2D eigenvalue weighted by Crippen LogP contribution is 2.31. The summed E-state index contributed by atoms with van der Waals surface area (Å²) in [5, 5.41) is 16.1. The molecule has 0 spiro atoms. The highest BCUT2D eigenvalue weighted by atomic mass is 35.5. The third-order valence-corrected chi connectivity index (χ3v) is 5.15. The maximum atomic E-state index is 14.5. The van der Waals surface area contributed by atoms with Gasteiger partial charge in [-0.05, 0) is 25.1 Å². The maximum Gasteiger partial charge on any atom is 0.138 e. The van der Waals surface area contributed by atoms with Crippen molar-refractivity contribution in [2.45, 2.75) is 25.2 Å². The lowest BCUT2D eigenvalue weighted by Gasteiger charge is -2.34. The fraction of sp³-hybridized carbons (Fsp3) is 0.238. The molecule has 2 aromatic carbocycles. The maximum absolute atomic E-state index is 14.5. The van der Waals surface area contributed by atoms with Crippen molar-refractivity contribution in [3.63, 3.8) is 0 Å². The minimum Gasteiger partial charge on any atom is -0.380 e. The normalized spacial score (nSPS) is 13.9. The minimum absolute atomic E-state index is 0.0921. The first-order valence-electron chi connectivity index (χ1n) is 8.86. The van der Waals surface area contributed by atoms with Gasteiger partial charge in [-0.3, -0.25) is 0 Å². The smallest absolute Gasteiger partial charge is 0.138 e. The van der Waals surface area contributed by atoms with Gasteiger partial charge in [0.05, 0.1) is 28.3 Å². The number of aliphatic hydroxyl groups is 1. The number of hydrogen-bond donors (Lipinski definition) is 1. The summed E-state index contributed by atoms with van der Waals surface area (Å²) in [7, 11) is 0. The van der Waals surface area contributed by atoms with E-state index in [-0.39, 0.29) is 18.7 Å². The minimum atomic E-state index is -1.87. The van der Waals surface area contributed by atoms with Gasteiger partial charge in [-0.25, -0.2) is 18.4 Å². The average Bonchev–Trinajstić information content (AvgIpc) is 3.19. The van der Waals surface area contributed by atoms with Gasteiger partial charge in [-0.1, -0.05) is 47.2 Å². The van der Waals surface area contributed by atoms with Crippen LogP contribution in [0.3, 0.4) is 0 Å². The van der Waals surface area contributed by atoms with Crippen LogP contribution in [0.5, 0.6) is 0 Å². The summed E-state index contributed by atoms with van der Waals surface area (Å²) in [5.41, 5.74) is -1.54. The summed E-state index contributed by atoms with van der Waals surface area (Å²) in [4.78, 5) is 3.82. The van der Waals surface area contributed by atoms with Crippen molar-refractivity contribution in [1.82, 2.24) is 14.8 Å². The number of rotatable bonds is 6. The standard InChI is InChI=1S/C21H17Cl2F2N3O2/c1-14(30-9-3-4-16-18(22)5-2-6-19(16)23)21(29,11-28-13-26-12-27-28)17-8-7-15(24)10-20(17)25/h2,5-8,10,12-14,29H,9,11H2,1H3/t14-,21-/m1/s1. The Bertz CT molecular complexity index is 1060. The molecule has 0 aliphatic heterocycles. The molecule has 156 valence electrons. The topological polar surface area (TPSA) is 60.2 Å². The molecule has 0 fully saturated rings. The van der Waals surface area contributed by atoms with E-state index in [9.17, 15) is 13.9 Å². The molecule has 1 heterocycles. The lowest BCUT2D eigenvalue weighted by Crippen LogP contribution is -2.44. The van der Waals surface area contributed by atoms with E-state index < -0.39 is 23.3 Å². The fourth-order valence-corrected chi connectivity index (χ4v) is 3.37. The van der Waals surface area contributed by atoms with Crippen molar-refractivity contribution in [3.05, 3.63) is 81.9 Å². The van der Waals surface area contributed by atoms with E-state index in [4.69, 9.17) is 27.9 Å². The van der Waals surface area contributed by atoms with Gasteiger partial charge in [0, 0.05) is 11.6 Å². The molecule has 1 N–H and O–H groups in total. The lowest BCUT2D eigenvalue weighted by atomic mass is 9.88. The molecule has 2 atom stereocenters. The monoisotopic (exact) mass is 451 g/mol. The van der Waals surface area contributed by atoms with Crippen LogP contribution in [-0.4, -0.2) is 32.6 Å². The average molecular weight is 452 g/mol. The second kappa shape index (κ2) is 9.54. The van der Waals surface area contributed by atoms with Gasteiger partial charge in [0.15, 0.2) is 0 Å². The molecule has 0 unspecified atom stereocenters. The first-order chi connectivity index (χ1) is 14.3.